The highest BCUT2D eigenvalue weighted by atomic mass is 35.5. The first-order chi connectivity index (χ1) is 13.7. The van der Waals surface area contributed by atoms with Gasteiger partial charge in [0.2, 0.25) is 0 Å². The zero-order valence-electron chi connectivity index (χ0n) is 16.3. The molecule has 0 N–H and O–H groups in total. The molecule has 2 heterocycles. The van der Waals surface area contributed by atoms with E-state index >= 15 is 0 Å². The van der Waals surface area contributed by atoms with Crippen molar-refractivity contribution in [3.8, 4) is 11.4 Å². The van der Waals surface area contributed by atoms with Crippen LogP contribution < -0.4 is 4.74 Å². The van der Waals surface area contributed by atoms with E-state index in [1.54, 1.807) is 7.11 Å². The number of benzene rings is 2. The standard InChI is InChI=1S/C23H24ClN3O/c1-15-18-12-17(26-13-16-6-5-9-23(28-2)19(16)14-26)10-11-21(18)25-27(15)22-8-4-3-7-20(22)24/h3-9,17H,10-14H2,1-2H3/t17-/m1/s1. The van der Waals surface area contributed by atoms with Gasteiger partial charge in [-0.25, -0.2) is 4.68 Å². The molecular weight excluding hydrogens is 370 g/mol. The predicted octanol–water partition coefficient (Wildman–Crippen LogP) is 4.72. The number of ether oxygens (including phenoxy) is 1. The minimum atomic E-state index is 0.534. The molecule has 0 fully saturated rings. The summed E-state index contributed by atoms with van der Waals surface area (Å²) in [6.45, 7) is 4.14. The lowest BCUT2D eigenvalue weighted by Gasteiger charge is -2.30. The fraction of sp³-hybridized carbons (Fsp3) is 0.348. The Bertz CT molecular complexity index is 1040. The van der Waals surface area contributed by atoms with E-state index in [-0.39, 0.29) is 0 Å². The van der Waals surface area contributed by atoms with E-state index in [0.717, 1.165) is 48.8 Å². The molecule has 0 unspecified atom stereocenters. The number of para-hydroxylation sites is 1. The van der Waals surface area contributed by atoms with E-state index in [4.69, 9.17) is 21.4 Å². The summed E-state index contributed by atoms with van der Waals surface area (Å²) in [6.07, 6.45) is 3.20. The lowest BCUT2D eigenvalue weighted by molar-refractivity contribution is 0.180. The minimum Gasteiger partial charge on any atom is -0.496 e. The zero-order chi connectivity index (χ0) is 19.3. The largest absolute Gasteiger partial charge is 0.496 e. The van der Waals surface area contributed by atoms with Crippen LogP contribution in [0, 0.1) is 6.92 Å². The summed E-state index contributed by atoms with van der Waals surface area (Å²) >= 11 is 6.43. The average Bonchev–Trinajstić information content (AvgIpc) is 3.29. The molecule has 144 valence electrons. The highest BCUT2D eigenvalue weighted by Gasteiger charge is 2.32. The molecule has 1 aromatic heterocycles. The Morgan fingerprint density at radius 2 is 1.93 bits per heavy atom. The van der Waals surface area contributed by atoms with E-state index in [0.29, 0.717) is 6.04 Å². The van der Waals surface area contributed by atoms with E-state index in [2.05, 4.69) is 30.0 Å². The third-order valence-electron chi connectivity index (χ3n) is 6.26. The van der Waals surface area contributed by atoms with Gasteiger partial charge in [-0.1, -0.05) is 35.9 Å². The zero-order valence-corrected chi connectivity index (χ0v) is 17.0. The van der Waals surface area contributed by atoms with Crippen LogP contribution in [0.4, 0.5) is 0 Å². The van der Waals surface area contributed by atoms with Gasteiger partial charge in [-0.15, -0.1) is 0 Å². The number of aromatic nitrogens is 2. The second-order valence-electron chi connectivity index (χ2n) is 7.77. The van der Waals surface area contributed by atoms with Crippen LogP contribution >= 0.6 is 11.6 Å². The number of rotatable bonds is 3. The van der Waals surface area contributed by atoms with Crippen molar-refractivity contribution in [3.05, 3.63) is 75.6 Å². The minimum absolute atomic E-state index is 0.534. The van der Waals surface area contributed by atoms with Crippen LogP contribution in [0.5, 0.6) is 5.75 Å². The van der Waals surface area contributed by atoms with Crippen LogP contribution in [0.3, 0.4) is 0 Å². The van der Waals surface area contributed by atoms with Gasteiger partial charge in [0.25, 0.3) is 0 Å². The van der Waals surface area contributed by atoms with Gasteiger partial charge in [0.1, 0.15) is 5.75 Å². The number of hydrogen-bond donors (Lipinski definition) is 0. The second kappa shape index (κ2) is 6.94. The van der Waals surface area contributed by atoms with E-state index in [1.807, 2.05) is 28.9 Å². The third kappa shape index (κ3) is 2.83. The molecule has 5 rings (SSSR count). The normalized spacial score (nSPS) is 18.8. The first-order valence-electron chi connectivity index (χ1n) is 9.86. The molecule has 1 atom stereocenters. The van der Waals surface area contributed by atoms with E-state index in [9.17, 15) is 0 Å². The van der Waals surface area contributed by atoms with Crippen LogP contribution in [-0.4, -0.2) is 27.8 Å². The van der Waals surface area contributed by atoms with Crippen LogP contribution in [0.2, 0.25) is 5.02 Å². The third-order valence-corrected chi connectivity index (χ3v) is 6.58. The second-order valence-corrected chi connectivity index (χ2v) is 8.18. The quantitative estimate of drug-likeness (QED) is 0.645. The molecule has 0 spiro atoms. The molecule has 1 aliphatic heterocycles. The van der Waals surface area contributed by atoms with Gasteiger partial charge < -0.3 is 4.74 Å². The molecule has 3 aromatic rings. The maximum Gasteiger partial charge on any atom is 0.123 e. The van der Waals surface area contributed by atoms with Gasteiger partial charge in [0.05, 0.1) is 23.5 Å². The number of nitrogens with zero attached hydrogens (tertiary/aromatic N) is 3. The van der Waals surface area contributed by atoms with Gasteiger partial charge in [0.15, 0.2) is 0 Å². The van der Waals surface area contributed by atoms with Crippen molar-refractivity contribution in [2.45, 2.75) is 45.3 Å². The van der Waals surface area contributed by atoms with Crippen molar-refractivity contribution >= 4 is 11.6 Å². The molecular formula is C23H24ClN3O. The maximum atomic E-state index is 6.43. The highest BCUT2D eigenvalue weighted by Crippen LogP contribution is 2.36. The van der Waals surface area contributed by atoms with E-state index < -0.39 is 0 Å². The van der Waals surface area contributed by atoms with Crippen molar-refractivity contribution < 1.29 is 4.74 Å². The summed E-state index contributed by atoms with van der Waals surface area (Å²) in [5.41, 5.74) is 7.53. The molecule has 0 bridgehead atoms. The van der Waals surface area contributed by atoms with Crippen LogP contribution in [-0.2, 0) is 25.9 Å². The Kier molecular flexibility index (Phi) is 4.41. The van der Waals surface area contributed by atoms with Crippen molar-refractivity contribution in [1.29, 1.82) is 0 Å². The van der Waals surface area contributed by atoms with E-state index in [1.165, 1.54) is 28.1 Å². The number of hydrogen-bond acceptors (Lipinski definition) is 3. The summed E-state index contributed by atoms with van der Waals surface area (Å²) in [4.78, 5) is 2.60. The molecule has 0 saturated heterocycles. The Labute approximate surface area is 170 Å². The molecule has 28 heavy (non-hydrogen) atoms. The van der Waals surface area contributed by atoms with Gasteiger partial charge >= 0.3 is 0 Å². The molecule has 2 aromatic carbocycles. The van der Waals surface area contributed by atoms with Gasteiger partial charge in [-0.05, 0) is 55.5 Å². The summed E-state index contributed by atoms with van der Waals surface area (Å²) in [5.74, 6) is 1.01. The number of methoxy groups -OCH3 is 1. The maximum absolute atomic E-state index is 6.43. The Morgan fingerprint density at radius 3 is 2.75 bits per heavy atom. The van der Waals surface area contributed by atoms with Gasteiger partial charge in [-0.3, -0.25) is 4.90 Å². The van der Waals surface area contributed by atoms with Crippen molar-refractivity contribution in [3.63, 3.8) is 0 Å². The van der Waals surface area contributed by atoms with Crippen LogP contribution in [0.1, 0.15) is 34.5 Å². The number of fused-ring (bicyclic) bond motifs is 2. The smallest absolute Gasteiger partial charge is 0.123 e. The molecule has 2 aliphatic rings. The summed E-state index contributed by atoms with van der Waals surface area (Å²) in [7, 11) is 1.76. The lowest BCUT2D eigenvalue weighted by Crippen LogP contribution is -2.35. The SMILES string of the molecule is COc1cccc2c1CN([C@@H]1CCc3nn(-c4ccccc4Cl)c(C)c3C1)C2. The number of halogens is 1. The van der Waals surface area contributed by atoms with Crippen LogP contribution in [0.25, 0.3) is 5.69 Å². The topological polar surface area (TPSA) is 30.3 Å². The Balaban J connectivity index is 1.42. The molecule has 5 heteroatoms. The van der Waals surface area contributed by atoms with Gasteiger partial charge in [0, 0.05) is 30.4 Å². The molecule has 0 saturated carbocycles. The lowest BCUT2D eigenvalue weighted by atomic mass is 9.91. The summed E-state index contributed by atoms with van der Waals surface area (Å²) in [6, 6.07) is 14.9. The summed E-state index contributed by atoms with van der Waals surface area (Å²) < 4.78 is 7.60. The predicted molar refractivity (Wildman–Crippen MR) is 111 cm³/mol. The average molecular weight is 394 g/mol. The molecule has 1 aliphatic carbocycles. The fourth-order valence-electron chi connectivity index (χ4n) is 4.74. The Hall–Kier alpha value is -2.30. The van der Waals surface area contributed by atoms with Crippen molar-refractivity contribution in [2.75, 3.05) is 7.11 Å². The molecule has 0 amide bonds. The molecule has 0 radical (unpaired) electrons. The monoisotopic (exact) mass is 393 g/mol. The highest BCUT2D eigenvalue weighted by molar-refractivity contribution is 6.32. The van der Waals surface area contributed by atoms with Crippen LogP contribution in [0.15, 0.2) is 42.5 Å². The van der Waals surface area contributed by atoms with Gasteiger partial charge in [-0.2, -0.15) is 5.10 Å². The first kappa shape index (κ1) is 17.8. The molecule has 4 nitrogen and oxygen atoms in total. The number of aryl methyl sites for hydroxylation is 1. The van der Waals surface area contributed by atoms with Crippen molar-refractivity contribution in [2.24, 2.45) is 0 Å². The Morgan fingerprint density at radius 1 is 1.07 bits per heavy atom. The first-order valence-corrected chi connectivity index (χ1v) is 10.2. The summed E-state index contributed by atoms with van der Waals surface area (Å²) in [5, 5.41) is 5.64. The van der Waals surface area contributed by atoms with Crippen molar-refractivity contribution in [1.82, 2.24) is 14.7 Å². The fourth-order valence-corrected chi connectivity index (χ4v) is 4.95.